The average Bonchev–Trinajstić information content (AvgIpc) is 2.76. The maximum atomic E-state index is 13.3. The van der Waals surface area contributed by atoms with Gasteiger partial charge in [0.1, 0.15) is 11.6 Å². The third kappa shape index (κ3) is 5.99. The van der Waals surface area contributed by atoms with Crippen LogP contribution in [0.5, 0.6) is 5.75 Å². The molecule has 0 bridgehead atoms. The van der Waals surface area contributed by atoms with Gasteiger partial charge in [-0.25, -0.2) is 12.8 Å². The maximum absolute atomic E-state index is 13.3. The standard InChI is InChI=1S/C23H22ClFN2O4S/c1-31-22-12-5-17(23(28)26-14-16-3-6-19(24)7-4-16)13-18(22)15-27(32(2,29)30)21-10-8-20(25)9-11-21/h3-13H,14-15H2,1-2H3,(H,26,28). The minimum atomic E-state index is -3.69. The molecule has 0 atom stereocenters. The fourth-order valence-electron chi connectivity index (χ4n) is 3.09. The molecule has 6 nitrogen and oxygen atoms in total. The van der Waals surface area contributed by atoms with E-state index in [1.54, 1.807) is 30.3 Å². The molecule has 0 fully saturated rings. The van der Waals surface area contributed by atoms with Crippen molar-refractivity contribution < 1.29 is 22.3 Å². The fourth-order valence-corrected chi connectivity index (χ4v) is 4.10. The number of ether oxygens (including phenoxy) is 1. The van der Waals surface area contributed by atoms with Crippen LogP contribution in [0, 0.1) is 5.82 Å². The topological polar surface area (TPSA) is 75.7 Å². The van der Waals surface area contributed by atoms with E-state index in [-0.39, 0.29) is 12.5 Å². The quantitative estimate of drug-likeness (QED) is 0.523. The maximum Gasteiger partial charge on any atom is 0.251 e. The SMILES string of the molecule is COc1ccc(C(=O)NCc2ccc(Cl)cc2)cc1CN(c1ccc(F)cc1)S(C)(=O)=O. The first-order chi connectivity index (χ1) is 15.2. The number of nitrogens with one attached hydrogen (secondary N) is 1. The Morgan fingerprint density at radius 3 is 2.31 bits per heavy atom. The molecule has 0 aliphatic heterocycles. The van der Waals surface area contributed by atoms with Crippen molar-refractivity contribution >= 4 is 33.2 Å². The van der Waals surface area contributed by atoms with Gasteiger partial charge in [-0.05, 0) is 60.2 Å². The molecule has 0 saturated heterocycles. The number of sulfonamides is 1. The van der Waals surface area contributed by atoms with Gasteiger partial charge in [-0.3, -0.25) is 9.10 Å². The van der Waals surface area contributed by atoms with Gasteiger partial charge in [0, 0.05) is 22.7 Å². The first kappa shape index (κ1) is 23.6. The van der Waals surface area contributed by atoms with Crippen molar-refractivity contribution in [3.8, 4) is 5.75 Å². The smallest absolute Gasteiger partial charge is 0.251 e. The summed E-state index contributed by atoms with van der Waals surface area (Å²) in [7, 11) is -2.23. The lowest BCUT2D eigenvalue weighted by Crippen LogP contribution is -2.30. The Balaban J connectivity index is 1.85. The van der Waals surface area contributed by atoms with Gasteiger partial charge in [0.15, 0.2) is 0 Å². The first-order valence-electron chi connectivity index (χ1n) is 9.60. The molecule has 9 heteroatoms. The van der Waals surface area contributed by atoms with Crippen molar-refractivity contribution in [2.75, 3.05) is 17.7 Å². The molecule has 0 aliphatic rings. The lowest BCUT2D eigenvalue weighted by Gasteiger charge is -2.24. The number of nitrogens with zero attached hydrogens (tertiary/aromatic N) is 1. The summed E-state index contributed by atoms with van der Waals surface area (Å²) in [6.07, 6.45) is 1.06. The van der Waals surface area contributed by atoms with Crippen LogP contribution in [0.3, 0.4) is 0 Å². The van der Waals surface area contributed by atoms with Gasteiger partial charge in [-0.2, -0.15) is 0 Å². The predicted octanol–water partition coefficient (Wildman–Crippen LogP) is 4.38. The molecule has 0 spiro atoms. The number of rotatable bonds is 8. The Kier molecular flexibility index (Phi) is 7.37. The normalized spacial score (nSPS) is 11.1. The minimum absolute atomic E-state index is 0.0913. The molecule has 0 unspecified atom stereocenters. The zero-order valence-corrected chi connectivity index (χ0v) is 19.1. The Morgan fingerprint density at radius 1 is 1.06 bits per heavy atom. The van der Waals surface area contributed by atoms with Crippen LogP contribution in [-0.4, -0.2) is 27.7 Å². The molecule has 1 amide bonds. The molecule has 168 valence electrons. The lowest BCUT2D eigenvalue weighted by molar-refractivity contribution is 0.0950. The highest BCUT2D eigenvalue weighted by molar-refractivity contribution is 7.92. The van der Waals surface area contributed by atoms with Gasteiger partial charge in [-0.1, -0.05) is 23.7 Å². The van der Waals surface area contributed by atoms with Crippen LogP contribution < -0.4 is 14.4 Å². The van der Waals surface area contributed by atoms with Crippen LogP contribution in [0.25, 0.3) is 0 Å². The van der Waals surface area contributed by atoms with Gasteiger partial charge < -0.3 is 10.1 Å². The van der Waals surface area contributed by atoms with Gasteiger partial charge >= 0.3 is 0 Å². The van der Waals surface area contributed by atoms with E-state index in [0.29, 0.717) is 34.1 Å². The van der Waals surface area contributed by atoms with Crippen LogP contribution in [0.1, 0.15) is 21.5 Å². The van der Waals surface area contributed by atoms with E-state index < -0.39 is 15.8 Å². The Labute approximate surface area is 191 Å². The van der Waals surface area contributed by atoms with E-state index in [1.807, 2.05) is 12.1 Å². The third-order valence-corrected chi connectivity index (χ3v) is 6.13. The fraction of sp³-hybridized carbons (Fsp3) is 0.174. The average molecular weight is 477 g/mol. The van der Waals surface area contributed by atoms with Gasteiger partial charge in [0.2, 0.25) is 10.0 Å². The molecule has 32 heavy (non-hydrogen) atoms. The number of carbonyl (C=O) groups excluding carboxylic acids is 1. The van der Waals surface area contributed by atoms with Crippen molar-refractivity contribution in [3.05, 3.63) is 94.3 Å². The molecule has 3 rings (SSSR count). The molecule has 1 N–H and O–H groups in total. The van der Waals surface area contributed by atoms with Crippen LogP contribution in [0.4, 0.5) is 10.1 Å². The van der Waals surface area contributed by atoms with E-state index in [4.69, 9.17) is 16.3 Å². The second-order valence-electron chi connectivity index (χ2n) is 7.08. The molecular formula is C23H22ClFN2O4S. The van der Waals surface area contributed by atoms with Crippen molar-refractivity contribution in [2.24, 2.45) is 0 Å². The number of carbonyl (C=O) groups is 1. The summed E-state index contributed by atoms with van der Waals surface area (Å²) >= 11 is 5.88. The highest BCUT2D eigenvalue weighted by atomic mass is 35.5. The summed E-state index contributed by atoms with van der Waals surface area (Å²) in [6.45, 7) is 0.217. The van der Waals surface area contributed by atoms with Crippen LogP contribution in [0.2, 0.25) is 5.02 Å². The molecule has 3 aromatic rings. The van der Waals surface area contributed by atoms with E-state index in [0.717, 1.165) is 16.1 Å². The Bertz CT molecular complexity index is 1200. The summed E-state index contributed by atoms with van der Waals surface area (Å²) in [5, 5.41) is 3.43. The van der Waals surface area contributed by atoms with Gasteiger partial charge in [-0.15, -0.1) is 0 Å². The molecule has 0 radical (unpaired) electrons. The second-order valence-corrected chi connectivity index (χ2v) is 9.43. The molecule has 0 heterocycles. The largest absolute Gasteiger partial charge is 0.496 e. The van der Waals surface area contributed by atoms with E-state index in [2.05, 4.69) is 5.32 Å². The van der Waals surface area contributed by atoms with E-state index >= 15 is 0 Å². The number of hydrogen-bond donors (Lipinski definition) is 1. The summed E-state index contributed by atoms with van der Waals surface area (Å²) in [6, 6.07) is 17.0. The van der Waals surface area contributed by atoms with Crippen LogP contribution in [0.15, 0.2) is 66.7 Å². The summed E-state index contributed by atoms with van der Waals surface area (Å²) in [5.74, 6) is -0.370. The zero-order chi connectivity index (χ0) is 23.3. The number of methoxy groups -OCH3 is 1. The molecule has 0 aliphatic carbocycles. The summed E-state index contributed by atoms with van der Waals surface area (Å²) in [5.41, 5.74) is 2.02. The molecule has 0 aromatic heterocycles. The van der Waals surface area contributed by atoms with E-state index in [1.165, 1.54) is 31.4 Å². The van der Waals surface area contributed by atoms with Crippen molar-refractivity contribution in [1.82, 2.24) is 5.32 Å². The summed E-state index contributed by atoms with van der Waals surface area (Å²) < 4.78 is 44.6. The molecular weight excluding hydrogens is 455 g/mol. The minimum Gasteiger partial charge on any atom is -0.496 e. The Morgan fingerprint density at radius 2 is 1.72 bits per heavy atom. The van der Waals surface area contributed by atoms with Crippen LogP contribution >= 0.6 is 11.6 Å². The van der Waals surface area contributed by atoms with Crippen molar-refractivity contribution in [1.29, 1.82) is 0 Å². The number of halogens is 2. The summed E-state index contributed by atoms with van der Waals surface area (Å²) in [4.78, 5) is 12.7. The highest BCUT2D eigenvalue weighted by Gasteiger charge is 2.21. The number of hydrogen-bond acceptors (Lipinski definition) is 4. The van der Waals surface area contributed by atoms with Crippen LogP contribution in [-0.2, 0) is 23.1 Å². The molecule has 3 aromatic carbocycles. The molecule has 0 saturated carbocycles. The monoisotopic (exact) mass is 476 g/mol. The second kappa shape index (κ2) is 10.0. The predicted molar refractivity (Wildman–Crippen MR) is 123 cm³/mol. The third-order valence-electron chi connectivity index (χ3n) is 4.74. The number of benzene rings is 3. The van der Waals surface area contributed by atoms with E-state index in [9.17, 15) is 17.6 Å². The van der Waals surface area contributed by atoms with Gasteiger partial charge in [0.05, 0.1) is 25.6 Å². The van der Waals surface area contributed by atoms with Gasteiger partial charge in [0.25, 0.3) is 5.91 Å². The van der Waals surface area contributed by atoms with Crippen molar-refractivity contribution in [2.45, 2.75) is 13.1 Å². The Hall–Kier alpha value is -3.10. The number of anilines is 1. The highest BCUT2D eigenvalue weighted by Crippen LogP contribution is 2.27. The first-order valence-corrected chi connectivity index (χ1v) is 11.8. The number of amides is 1. The zero-order valence-electron chi connectivity index (χ0n) is 17.5. The lowest BCUT2D eigenvalue weighted by atomic mass is 10.1. The van der Waals surface area contributed by atoms with Crippen molar-refractivity contribution in [3.63, 3.8) is 0 Å².